The third kappa shape index (κ3) is 3.65. The van der Waals surface area contributed by atoms with Crippen molar-refractivity contribution in [1.29, 1.82) is 0 Å². The minimum Gasteiger partial charge on any atom is -0.454 e. The summed E-state index contributed by atoms with van der Waals surface area (Å²) in [7, 11) is 0. The Labute approximate surface area is 156 Å². The van der Waals surface area contributed by atoms with Crippen LogP contribution in [0.1, 0.15) is 11.1 Å². The number of anilines is 3. The van der Waals surface area contributed by atoms with Crippen LogP contribution < -0.4 is 20.1 Å². The Kier molecular flexibility index (Phi) is 4.50. The molecule has 1 aromatic heterocycles. The molecular weight excluding hydrogens is 352 g/mol. The van der Waals surface area contributed by atoms with Gasteiger partial charge in [-0.1, -0.05) is 23.7 Å². The lowest BCUT2D eigenvalue weighted by Crippen LogP contribution is -2.03. The number of hydrogen-bond acceptors (Lipinski definition) is 6. The van der Waals surface area contributed by atoms with Gasteiger partial charge in [-0.25, -0.2) is 9.97 Å². The number of aryl methyl sites for hydroxylation is 1. The summed E-state index contributed by atoms with van der Waals surface area (Å²) in [4.78, 5) is 8.50. The maximum absolute atomic E-state index is 6.16. The van der Waals surface area contributed by atoms with Gasteiger partial charge in [-0.15, -0.1) is 0 Å². The third-order valence-electron chi connectivity index (χ3n) is 4.02. The lowest BCUT2D eigenvalue weighted by atomic mass is 10.2. The van der Waals surface area contributed by atoms with E-state index in [2.05, 4.69) is 20.6 Å². The zero-order chi connectivity index (χ0) is 17.9. The Morgan fingerprint density at radius 1 is 1.00 bits per heavy atom. The molecule has 6 nitrogen and oxygen atoms in total. The minimum atomic E-state index is 0.274. The molecule has 0 unspecified atom stereocenters. The van der Waals surface area contributed by atoms with Crippen LogP contribution in [0.2, 0.25) is 5.02 Å². The molecule has 2 aromatic carbocycles. The van der Waals surface area contributed by atoms with Crippen molar-refractivity contribution in [2.75, 3.05) is 17.4 Å². The highest BCUT2D eigenvalue weighted by molar-refractivity contribution is 6.31. The van der Waals surface area contributed by atoms with Gasteiger partial charge in [0.1, 0.15) is 18.0 Å². The Bertz CT molecular complexity index is 949. The fraction of sp³-hybridized carbons (Fsp3) is 0.158. The Morgan fingerprint density at radius 2 is 1.85 bits per heavy atom. The maximum Gasteiger partial charge on any atom is 0.231 e. The molecule has 0 amide bonds. The number of benzene rings is 2. The van der Waals surface area contributed by atoms with Crippen molar-refractivity contribution < 1.29 is 9.47 Å². The number of nitrogens with zero attached hydrogens (tertiary/aromatic N) is 2. The van der Waals surface area contributed by atoms with Gasteiger partial charge in [-0.3, -0.25) is 0 Å². The van der Waals surface area contributed by atoms with Crippen molar-refractivity contribution in [3.63, 3.8) is 0 Å². The van der Waals surface area contributed by atoms with Gasteiger partial charge in [-0.2, -0.15) is 0 Å². The van der Waals surface area contributed by atoms with Gasteiger partial charge in [0.25, 0.3) is 0 Å². The second kappa shape index (κ2) is 7.09. The summed E-state index contributed by atoms with van der Waals surface area (Å²) in [6.45, 7) is 2.86. The molecule has 0 fully saturated rings. The molecule has 0 atom stereocenters. The molecule has 0 radical (unpaired) electrons. The number of fused-ring (bicyclic) bond motifs is 1. The van der Waals surface area contributed by atoms with Crippen molar-refractivity contribution in [1.82, 2.24) is 9.97 Å². The molecule has 1 aliphatic rings. The quantitative estimate of drug-likeness (QED) is 0.690. The summed E-state index contributed by atoms with van der Waals surface area (Å²) < 4.78 is 10.7. The number of aromatic nitrogens is 2. The number of halogens is 1. The third-order valence-corrected chi connectivity index (χ3v) is 4.43. The molecule has 0 saturated heterocycles. The van der Waals surface area contributed by atoms with E-state index in [0.29, 0.717) is 17.4 Å². The first-order valence-corrected chi connectivity index (χ1v) is 8.53. The van der Waals surface area contributed by atoms with Crippen LogP contribution in [0.5, 0.6) is 11.5 Å². The first kappa shape index (κ1) is 16.5. The average Bonchev–Trinajstić information content (AvgIpc) is 3.11. The van der Waals surface area contributed by atoms with E-state index in [1.165, 1.54) is 6.33 Å². The van der Waals surface area contributed by atoms with E-state index in [1.54, 1.807) is 0 Å². The predicted molar refractivity (Wildman–Crippen MR) is 101 cm³/mol. The fourth-order valence-corrected chi connectivity index (χ4v) is 2.76. The molecular formula is C19H17ClN4O2. The standard InChI is InChI=1S/C19H17ClN4O2/c1-12-2-4-14(7-15(12)20)24-19-8-18(22-10-23-19)21-9-13-3-5-16-17(6-13)26-11-25-16/h2-8,10H,9,11H2,1H3,(H2,21,22,23,24). The number of nitrogens with one attached hydrogen (secondary N) is 2. The molecule has 0 aliphatic carbocycles. The topological polar surface area (TPSA) is 68.3 Å². The molecule has 1 aliphatic heterocycles. The van der Waals surface area contributed by atoms with Crippen LogP contribution in [0, 0.1) is 6.92 Å². The minimum absolute atomic E-state index is 0.274. The van der Waals surface area contributed by atoms with Crippen LogP contribution in [0.15, 0.2) is 48.8 Å². The van der Waals surface area contributed by atoms with Crippen LogP contribution in [-0.2, 0) is 6.54 Å². The molecule has 0 bridgehead atoms. The van der Waals surface area contributed by atoms with E-state index >= 15 is 0 Å². The molecule has 26 heavy (non-hydrogen) atoms. The van der Waals surface area contributed by atoms with E-state index in [9.17, 15) is 0 Å². The highest BCUT2D eigenvalue weighted by atomic mass is 35.5. The summed E-state index contributed by atoms with van der Waals surface area (Å²) in [5.74, 6) is 2.95. The first-order chi connectivity index (χ1) is 12.7. The maximum atomic E-state index is 6.16. The smallest absolute Gasteiger partial charge is 0.231 e. The number of rotatable bonds is 5. The lowest BCUT2D eigenvalue weighted by Gasteiger charge is -2.10. The Morgan fingerprint density at radius 3 is 2.73 bits per heavy atom. The zero-order valence-corrected chi connectivity index (χ0v) is 14.9. The summed E-state index contributed by atoms with van der Waals surface area (Å²) >= 11 is 6.16. The van der Waals surface area contributed by atoms with Gasteiger partial charge < -0.3 is 20.1 Å². The molecule has 2 N–H and O–H groups in total. The van der Waals surface area contributed by atoms with Crippen LogP contribution in [-0.4, -0.2) is 16.8 Å². The largest absolute Gasteiger partial charge is 0.454 e. The normalized spacial score (nSPS) is 12.1. The van der Waals surface area contributed by atoms with E-state index < -0.39 is 0 Å². The van der Waals surface area contributed by atoms with E-state index in [4.69, 9.17) is 21.1 Å². The molecule has 7 heteroatoms. The SMILES string of the molecule is Cc1ccc(Nc2cc(NCc3ccc4c(c3)OCO4)ncn2)cc1Cl. The molecule has 4 rings (SSSR count). The number of ether oxygens (including phenoxy) is 2. The monoisotopic (exact) mass is 368 g/mol. The van der Waals surface area contributed by atoms with Crippen molar-refractivity contribution in [3.8, 4) is 11.5 Å². The van der Waals surface area contributed by atoms with Gasteiger partial charge in [0.05, 0.1) is 0 Å². The summed E-state index contributed by atoms with van der Waals surface area (Å²) in [6, 6.07) is 13.5. The summed E-state index contributed by atoms with van der Waals surface area (Å²) in [6.07, 6.45) is 1.51. The van der Waals surface area contributed by atoms with Crippen LogP contribution >= 0.6 is 11.6 Å². The summed E-state index contributed by atoms with van der Waals surface area (Å²) in [5, 5.41) is 7.23. The van der Waals surface area contributed by atoms with Gasteiger partial charge in [0.15, 0.2) is 11.5 Å². The van der Waals surface area contributed by atoms with Crippen LogP contribution in [0.25, 0.3) is 0 Å². The number of hydrogen-bond donors (Lipinski definition) is 2. The van der Waals surface area contributed by atoms with E-state index in [0.717, 1.165) is 34.1 Å². The lowest BCUT2D eigenvalue weighted by molar-refractivity contribution is 0.174. The predicted octanol–water partition coefficient (Wildman–Crippen LogP) is 4.52. The average molecular weight is 369 g/mol. The van der Waals surface area contributed by atoms with Crippen molar-refractivity contribution in [2.24, 2.45) is 0 Å². The molecule has 0 spiro atoms. The second-order valence-electron chi connectivity index (χ2n) is 5.92. The van der Waals surface area contributed by atoms with Gasteiger partial charge in [0, 0.05) is 23.3 Å². The van der Waals surface area contributed by atoms with E-state index in [1.807, 2.05) is 49.4 Å². The Hall–Kier alpha value is -2.99. The van der Waals surface area contributed by atoms with Crippen LogP contribution in [0.3, 0.4) is 0 Å². The van der Waals surface area contributed by atoms with Gasteiger partial charge in [-0.05, 0) is 42.3 Å². The fourth-order valence-electron chi connectivity index (χ4n) is 2.58. The molecule has 132 valence electrons. The highest BCUT2D eigenvalue weighted by Crippen LogP contribution is 2.32. The van der Waals surface area contributed by atoms with Crippen molar-refractivity contribution in [2.45, 2.75) is 13.5 Å². The van der Waals surface area contributed by atoms with E-state index in [-0.39, 0.29) is 6.79 Å². The molecule has 3 aromatic rings. The van der Waals surface area contributed by atoms with Crippen molar-refractivity contribution >= 4 is 28.9 Å². The first-order valence-electron chi connectivity index (χ1n) is 8.15. The highest BCUT2D eigenvalue weighted by Gasteiger charge is 2.13. The molecule has 2 heterocycles. The second-order valence-corrected chi connectivity index (χ2v) is 6.33. The van der Waals surface area contributed by atoms with Gasteiger partial charge in [0.2, 0.25) is 6.79 Å². The molecule has 0 saturated carbocycles. The van der Waals surface area contributed by atoms with Crippen LogP contribution in [0.4, 0.5) is 17.3 Å². The zero-order valence-electron chi connectivity index (χ0n) is 14.1. The Balaban J connectivity index is 1.43. The summed E-state index contributed by atoms with van der Waals surface area (Å²) in [5.41, 5.74) is 2.99. The van der Waals surface area contributed by atoms with Crippen molar-refractivity contribution in [3.05, 3.63) is 64.9 Å². The van der Waals surface area contributed by atoms with Gasteiger partial charge >= 0.3 is 0 Å².